The molecule has 0 unspecified atom stereocenters. The van der Waals surface area contributed by atoms with Crippen molar-refractivity contribution >= 4 is 11.4 Å². The van der Waals surface area contributed by atoms with Crippen LogP contribution in [0.4, 0.5) is 11.4 Å². The Kier molecular flexibility index (Phi) is 4.16. The molecule has 20 heavy (non-hydrogen) atoms. The van der Waals surface area contributed by atoms with Crippen LogP contribution in [0.5, 0.6) is 0 Å². The summed E-state index contributed by atoms with van der Waals surface area (Å²) in [5, 5.41) is 0. The van der Waals surface area contributed by atoms with E-state index in [0.29, 0.717) is 0 Å². The molecule has 1 aromatic rings. The second-order valence-corrected chi connectivity index (χ2v) is 6.54. The lowest BCUT2D eigenvalue weighted by atomic mass is 9.95. The second kappa shape index (κ2) is 6.04. The average molecular weight is 273 g/mol. The van der Waals surface area contributed by atoms with Gasteiger partial charge in [-0.3, -0.25) is 0 Å². The molecule has 3 nitrogen and oxygen atoms in total. The zero-order valence-corrected chi connectivity index (χ0v) is 12.6. The predicted octanol–water partition coefficient (Wildman–Crippen LogP) is 2.89. The van der Waals surface area contributed by atoms with E-state index in [-0.39, 0.29) is 0 Å². The van der Waals surface area contributed by atoms with Gasteiger partial charge in [-0.05, 0) is 75.4 Å². The van der Waals surface area contributed by atoms with Crippen molar-refractivity contribution in [1.29, 1.82) is 0 Å². The number of likely N-dealkylation sites (tertiary alicyclic amines) is 1. The number of hydrogen-bond acceptors (Lipinski definition) is 3. The van der Waals surface area contributed by atoms with Crippen LogP contribution in [0.15, 0.2) is 18.2 Å². The van der Waals surface area contributed by atoms with E-state index >= 15 is 0 Å². The summed E-state index contributed by atoms with van der Waals surface area (Å²) in [6.07, 6.45) is 5.46. The van der Waals surface area contributed by atoms with Crippen molar-refractivity contribution in [3.63, 3.8) is 0 Å². The molecular weight excluding hydrogens is 246 g/mol. The van der Waals surface area contributed by atoms with Gasteiger partial charge >= 0.3 is 0 Å². The lowest BCUT2D eigenvalue weighted by molar-refractivity contribution is 0.249. The van der Waals surface area contributed by atoms with Crippen LogP contribution < -0.4 is 10.6 Å². The molecular formula is C17H27N3. The zero-order valence-electron chi connectivity index (χ0n) is 12.6. The zero-order chi connectivity index (χ0) is 13.9. The maximum Gasteiger partial charge on any atom is 0.0389 e. The van der Waals surface area contributed by atoms with Gasteiger partial charge in [-0.1, -0.05) is 0 Å². The van der Waals surface area contributed by atoms with Gasteiger partial charge in [0.05, 0.1) is 0 Å². The molecule has 0 aromatic heterocycles. The van der Waals surface area contributed by atoms with E-state index in [2.05, 4.69) is 28.9 Å². The lowest BCUT2D eigenvalue weighted by Crippen LogP contribution is -2.38. The number of piperidine rings is 1. The minimum absolute atomic E-state index is 0.888. The molecule has 0 amide bonds. The molecule has 1 aromatic carbocycles. The number of anilines is 2. The standard InChI is InChI=1S/C17H27N3/c1-14-10-16(18)12-17(11-14)20-8-4-15(5-9-20)13-19-6-2-3-7-19/h10-12,15H,2-9,13,18H2,1H3. The normalized spacial score (nSPS) is 21.6. The van der Waals surface area contributed by atoms with E-state index < -0.39 is 0 Å². The molecule has 0 saturated carbocycles. The van der Waals surface area contributed by atoms with Gasteiger partial charge in [-0.15, -0.1) is 0 Å². The summed E-state index contributed by atoms with van der Waals surface area (Å²) in [6.45, 7) is 8.47. The van der Waals surface area contributed by atoms with Crippen molar-refractivity contribution in [3.8, 4) is 0 Å². The Labute approximate surface area is 122 Å². The van der Waals surface area contributed by atoms with Crippen LogP contribution in [-0.4, -0.2) is 37.6 Å². The highest BCUT2D eigenvalue weighted by molar-refractivity contribution is 5.58. The summed E-state index contributed by atoms with van der Waals surface area (Å²) in [6, 6.07) is 6.43. The fourth-order valence-electron chi connectivity index (χ4n) is 3.68. The van der Waals surface area contributed by atoms with Gasteiger partial charge in [-0.2, -0.15) is 0 Å². The molecule has 2 fully saturated rings. The third-order valence-corrected chi connectivity index (χ3v) is 4.78. The lowest BCUT2D eigenvalue weighted by Gasteiger charge is -2.35. The van der Waals surface area contributed by atoms with Crippen LogP contribution in [0, 0.1) is 12.8 Å². The summed E-state index contributed by atoms with van der Waals surface area (Å²) < 4.78 is 0. The maximum atomic E-state index is 5.97. The van der Waals surface area contributed by atoms with Crippen LogP contribution in [0.2, 0.25) is 0 Å². The largest absolute Gasteiger partial charge is 0.399 e. The quantitative estimate of drug-likeness (QED) is 0.860. The van der Waals surface area contributed by atoms with Crippen LogP contribution in [0.1, 0.15) is 31.2 Å². The highest BCUT2D eigenvalue weighted by atomic mass is 15.2. The van der Waals surface area contributed by atoms with Crippen molar-refractivity contribution < 1.29 is 0 Å². The molecule has 0 bridgehead atoms. The Balaban J connectivity index is 1.55. The number of nitrogen functional groups attached to an aromatic ring is 1. The summed E-state index contributed by atoms with van der Waals surface area (Å²) in [4.78, 5) is 5.16. The van der Waals surface area contributed by atoms with Crippen LogP contribution >= 0.6 is 0 Å². The van der Waals surface area contributed by atoms with Gasteiger partial charge in [0.15, 0.2) is 0 Å². The third-order valence-electron chi connectivity index (χ3n) is 4.78. The van der Waals surface area contributed by atoms with Gasteiger partial charge in [0.2, 0.25) is 0 Å². The first-order chi connectivity index (χ1) is 9.70. The number of benzene rings is 1. The molecule has 0 atom stereocenters. The first kappa shape index (κ1) is 13.7. The predicted molar refractivity (Wildman–Crippen MR) is 86.2 cm³/mol. The molecule has 2 aliphatic rings. The Morgan fingerprint density at radius 3 is 2.40 bits per heavy atom. The molecule has 110 valence electrons. The minimum Gasteiger partial charge on any atom is -0.399 e. The molecule has 2 N–H and O–H groups in total. The van der Waals surface area contributed by atoms with Crippen LogP contribution in [0.25, 0.3) is 0 Å². The maximum absolute atomic E-state index is 5.97. The summed E-state index contributed by atoms with van der Waals surface area (Å²) in [7, 11) is 0. The van der Waals surface area contributed by atoms with Gasteiger partial charge in [-0.25, -0.2) is 0 Å². The third kappa shape index (κ3) is 3.26. The molecule has 3 rings (SSSR count). The fraction of sp³-hybridized carbons (Fsp3) is 0.647. The Morgan fingerprint density at radius 1 is 1.05 bits per heavy atom. The Hall–Kier alpha value is -1.22. The van der Waals surface area contributed by atoms with Gasteiger partial charge in [0.25, 0.3) is 0 Å². The van der Waals surface area contributed by atoms with E-state index in [9.17, 15) is 0 Å². The first-order valence-corrected chi connectivity index (χ1v) is 8.05. The van der Waals surface area contributed by atoms with Crippen molar-refractivity contribution in [1.82, 2.24) is 4.90 Å². The van der Waals surface area contributed by atoms with E-state index in [1.54, 1.807) is 0 Å². The molecule has 3 heteroatoms. The second-order valence-electron chi connectivity index (χ2n) is 6.54. The summed E-state index contributed by atoms with van der Waals surface area (Å²) in [5.41, 5.74) is 9.43. The van der Waals surface area contributed by atoms with Crippen molar-refractivity contribution in [3.05, 3.63) is 23.8 Å². The number of aryl methyl sites for hydroxylation is 1. The molecule has 0 radical (unpaired) electrons. The van der Waals surface area contributed by atoms with Crippen molar-refractivity contribution in [2.45, 2.75) is 32.6 Å². The number of nitrogens with zero attached hydrogens (tertiary/aromatic N) is 2. The molecule has 2 aliphatic heterocycles. The topological polar surface area (TPSA) is 32.5 Å². The number of nitrogens with two attached hydrogens (primary N) is 1. The van der Waals surface area contributed by atoms with Gasteiger partial charge in [0.1, 0.15) is 0 Å². The van der Waals surface area contributed by atoms with Crippen LogP contribution in [0.3, 0.4) is 0 Å². The average Bonchev–Trinajstić information content (AvgIpc) is 2.91. The summed E-state index contributed by atoms with van der Waals surface area (Å²) in [5.74, 6) is 0.895. The van der Waals surface area contributed by atoms with E-state index in [1.807, 2.05) is 6.07 Å². The smallest absolute Gasteiger partial charge is 0.0389 e. The van der Waals surface area contributed by atoms with E-state index in [1.165, 1.54) is 69.7 Å². The van der Waals surface area contributed by atoms with Gasteiger partial charge in [0, 0.05) is 31.0 Å². The SMILES string of the molecule is Cc1cc(N)cc(N2CCC(CN3CCCC3)CC2)c1. The molecule has 0 aliphatic carbocycles. The minimum atomic E-state index is 0.888. The monoisotopic (exact) mass is 273 g/mol. The molecule has 2 heterocycles. The molecule has 0 spiro atoms. The highest BCUT2D eigenvalue weighted by Gasteiger charge is 2.23. The van der Waals surface area contributed by atoms with Crippen LogP contribution in [-0.2, 0) is 0 Å². The molecule has 2 saturated heterocycles. The highest BCUT2D eigenvalue weighted by Crippen LogP contribution is 2.27. The first-order valence-electron chi connectivity index (χ1n) is 8.05. The van der Waals surface area contributed by atoms with Crippen molar-refractivity contribution in [2.75, 3.05) is 43.4 Å². The van der Waals surface area contributed by atoms with E-state index in [4.69, 9.17) is 5.73 Å². The number of hydrogen-bond donors (Lipinski definition) is 1. The summed E-state index contributed by atoms with van der Waals surface area (Å²) >= 11 is 0. The van der Waals surface area contributed by atoms with E-state index in [0.717, 1.165) is 11.6 Å². The van der Waals surface area contributed by atoms with Crippen molar-refractivity contribution in [2.24, 2.45) is 5.92 Å². The fourth-order valence-corrected chi connectivity index (χ4v) is 3.68. The Bertz CT molecular complexity index is 423. The number of rotatable bonds is 3. The van der Waals surface area contributed by atoms with Gasteiger partial charge < -0.3 is 15.5 Å². The Morgan fingerprint density at radius 2 is 1.75 bits per heavy atom.